The molecule has 0 aliphatic heterocycles. The molecule has 6 aromatic heterocycles. The molecule has 666 valence electrons. The van der Waals surface area contributed by atoms with Crippen LogP contribution in [0.1, 0.15) is 66.8 Å². The molecule has 0 aliphatic rings. The predicted octanol–water partition coefficient (Wildman–Crippen LogP) is 25.1. The first-order valence-corrected chi connectivity index (χ1v) is 47.2. The van der Waals surface area contributed by atoms with Gasteiger partial charge in [0.05, 0.1) is 0 Å². The largest absolute Gasteiger partial charge is 0.489 e. The van der Waals surface area contributed by atoms with Crippen molar-refractivity contribution in [3.05, 3.63) is 542 Å². The van der Waals surface area contributed by atoms with Gasteiger partial charge in [-0.1, -0.05) is 218 Å². The van der Waals surface area contributed by atoms with Gasteiger partial charge in [-0.15, -0.1) is 0 Å². The van der Waals surface area contributed by atoms with E-state index in [1.807, 2.05) is 18.2 Å². The molecule has 0 bridgehead atoms. The Morgan fingerprint density at radius 2 is 0.268 bits per heavy atom. The summed E-state index contributed by atoms with van der Waals surface area (Å²) in [7, 11) is 0. The van der Waals surface area contributed by atoms with Gasteiger partial charge in [0.25, 0.3) is 0 Å². The number of benzene rings is 16. The maximum Gasteiger partial charge on any atom is 0.174 e. The molecule has 0 aliphatic carbocycles. The summed E-state index contributed by atoms with van der Waals surface area (Å²) in [6.45, 7) is 6.52. The van der Waals surface area contributed by atoms with E-state index in [1.54, 1.807) is 0 Å². The molecule has 0 N–H and O–H groups in total. The number of aromatic nitrogens is 6. The van der Waals surface area contributed by atoms with Crippen LogP contribution in [0, 0.1) is 0 Å². The number of rotatable bonds is 33. The van der Waals surface area contributed by atoms with Gasteiger partial charge in [-0.2, -0.15) is 0 Å². The van der Waals surface area contributed by atoms with E-state index in [2.05, 4.69) is 484 Å². The van der Waals surface area contributed by atoms with Crippen molar-refractivity contribution < 1.29 is 55.8 Å². The number of fused-ring (bicyclic) bond motifs is 6. The zero-order chi connectivity index (χ0) is 92.1. The van der Waals surface area contributed by atoms with Gasteiger partial charge in [-0.3, -0.25) is 0 Å². The number of ether oxygens (including phenoxy) is 6. The molecule has 22 aromatic rings. The Morgan fingerprint density at radius 1 is 0.123 bits per heavy atom. The quantitative estimate of drug-likeness (QED) is 0.0381. The fourth-order valence-corrected chi connectivity index (χ4v) is 18.5. The van der Waals surface area contributed by atoms with Gasteiger partial charge in [0, 0.05) is 124 Å². The summed E-state index contributed by atoms with van der Waals surface area (Å²) in [5, 5.41) is 14.4. The standard InChI is InChI=1S/C126H102N6O6/c1-7-19-115-64-91(25-31-103(115)13-1)85-133-121-70-100(71-122(76-121)134-86-92-26-32-104-14-2-8-20-116(104)65-92)82-130-55-43-112(44-56-130)109-37-49-127(50-38-109)79-97-61-98(80-128-51-39-110(40-52-128)113-45-57-131(58-46-113)83-101-72-123(135-87-93-27-33-105-15-3-9-21-117(105)66-93)77-124(73-101)136-88-94-28-34-106-16-4-10-22-118(106)67-94)63-99(62-97)81-129-53-41-111(42-54-129)114-47-59-132(60-48-114)84-102-74-125(137-89-95-29-35-107-17-5-11-23-119(107)68-95)78-126(75-102)138-90-96-30-36-108-18-6-12-24-120(108)69-96/h1-78H,79-90H2/q+6. The van der Waals surface area contributed by atoms with Crippen molar-refractivity contribution in [2.75, 3.05) is 0 Å². The van der Waals surface area contributed by atoms with E-state index in [1.165, 1.54) is 81.3 Å². The second-order valence-corrected chi connectivity index (χ2v) is 36.0. The molecule has 22 rings (SSSR count). The molecule has 0 unspecified atom stereocenters. The van der Waals surface area contributed by atoms with Gasteiger partial charge < -0.3 is 28.4 Å². The van der Waals surface area contributed by atoms with E-state index in [9.17, 15) is 0 Å². The van der Waals surface area contributed by atoms with Crippen LogP contribution < -0.4 is 55.8 Å². The van der Waals surface area contributed by atoms with Gasteiger partial charge >= 0.3 is 0 Å². The maximum absolute atomic E-state index is 6.58. The average molecular weight is 1800 g/mol. The molecule has 138 heavy (non-hydrogen) atoms. The van der Waals surface area contributed by atoms with E-state index < -0.39 is 0 Å². The van der Waals surface area contributed by atoms with Crippen LogP contribution in [-0.2, 0) is 78.9 Å². The third kappa shape index (κ3) is 21.5. The Labute approximate surface area is 803 Å². The van der Waals surface area contributed by atoms with Crippen molar-refractivity contribution >= 4 is 64.6 Å². The minimum absolute atomic E-state index is 0.433. The molecule has 12 nitrogen and oxygen atoms in total. The summed E-state index contributed by atoms with van der Waals surface area (Å²) in [4.78, 5) is 0. The van der Waals surface area contributed by atoms with Gasteiger partial charge in [0.2, 0.25) is 0 Å². The van der Waals surface area contributed by atoms with E-state index in [0.29, 0.717) is 78.9 Å². The van der Waals surface area contributed by atoms with Gasteiger partial charge in [0.1, 0.15) is 74.1 Å². The lowest BCUT2D eigenvalue weighted by Crippen LogP contribution is -2.36. The number of pyridine rings is 6. The lowest BCUT2D eigenvalue weighted by Gasteiger charge is -2.13. The smallest absolute Gasteiger partial charge is 0.174 e. The number of hydrogen-bond donors (Lipinski definition) is 0. The predicted molar refractivity (Wildman–Crippen MR) is 547 cm³/mol. The zero-order valence-corrected chi connectivity index (χ0v) is 76.7. The molecular weight excluding hydrogens is 1690 g/mol. The van der Waals surface area contributed by atoms with Crippen LogP contribution in [0.4, 0.5) is 0 Å². The van der Waals surface area contributed by atoms with Crippen LogP contribution >= 0.6 is 0 Å². The molecule has 6 heterocycles. The lowest BCUT2D eigenvalue weighted by molar-refractivity contribution is -0.690. The van der Waals surface area contributed by atoms with Crippen molar-refractivity contribution in [3.63, 3.8) is 0 Å². The van der Waals surface area contributed by atoms with Crippen molar-refractivity contribution in [1.82, 2.24) is 0 Å². The topological polar surface area (TPSA) is 78.7 Å². The Bertz CT molecular complexity index is 7060. The Morgan fingerprint density at radius 3 is 0.428 bits per heavy atom. The molecule has 0 radical (unpaired) electrons. The average Bonchev–Trinajstić information content (AvgIpc) is 0.661. The third-order valence-corrected chi connectivity index (χ3v) is 25.8. The minimum atomic E-state index is 0.433. The van der Waals surface area contributed by atoms with E-state index in [0.717, 1.165) is 118 Å². The monoisotopic (exact) mass is 1790 g/mol. The summed E-state index contributed by atoms with van der Waals surface area (Å²) in [6.07, 6.45) is 26.2. The van der Waals surface area contributed by atoms with Crippen LogP contribution in [0.3, 0.4) is 0 Å². The summed E-state index contributed by atoms with van der Waals surface area (Å²) in [5.74, 6) is 4.55. The van der Waals surface area contributed by atoms with Gasteiger partial charge in [0.15, 0.2) is 114 Å². The molecule has 0 saturated heterocycles. The molecule has 16 aromatic carbocycles. The summed E-state index contributed by atoms with van der Waals surface area (Å²) >= 11 is 0. The summed E-state index contributed by atoms with van der Waals surface area (Å²) < 4.78 is 53.0. The second kappa shape index (κ2) is 40.3. The first-order chi connectivity index (χ1) is 68.1. The molecule has 0 fully saturated rings. The Balaban J connectivity index is 0.496. The highest BCUT2D eigenvalue weighted by atomic mass is 16.5. The fourth-order valence-electron chi connectivity index (χ4n) is 18.5. The first-order valence-electron chi connectivity index (χ1n) is 47.2. The second-order valence-electron chi connectivity index (χ2n) is 36.0. The molecule has 12 heteroatoms. The number of nitrogens with zero attached hydrogens (tertiary/aromatic N) is 6. The molecule has 0 amide bonds. The summed E-state index contributed by atoms with van der Waals surface area (Å²) in [6, 6.07) is 142. The van der Waals surface area contributed by atoms with Crippen molar-refractivity contribution in [1.29, 1.82) is 0 Å². The van der Waals surface area contributed by atoms with Gasteiger partial charge in [-0.25, -0.2) is 27.4 Å². The maximum atomic E-state index is 6.58. The molecule has 0 atom stereocenters. The van der Waals surface area contributed by atoms with E-state index in [-0.39, 0.29) is 0 Å². The minimum Gasteiger partial charge on any atom is -0.489 e. The zero-order valence-electron chi connectivity index (χ0n) is 76.7. The van der Waals surface area contributed by atoms with Crippen LogP contribution in [0.5, 0.6) is 34.5 Å². The highest BCUT2D eigenvalue weighted by Gasteiger charge is 2.20. The molecule has 0 saturated carbocycles. The number of hydrogen-bond acceptors (Lipinski definition) is 6. The van der Waals surface area contributed by atoms with Crippen molar-refractivity contribution in [2.24, 2.45) is 0 Å². The van der Waals surface area contributed by atoms with Crippen LogP contribution in [0.25, 0.3) is 98.0 Å². The van der Waals surface area contributed by atoms with E-state index in [4.69, 9.17) is 28.4 Å². The fraction of sp³-hybridized carbons (Fsp3) is 0.0952. The van der Waals surface area contributed by atoms with Gasteiger partial charge in [-0.05, 0) is 222 Å². The van der Waals surface area contributed by atoms with E-state index >= 15 is 0 Å². The molecule has 0 spiro atoms. The first kappa shape index (κ1) is 86.2. The Hall–Kier alpha value is -17.2. The molecular formula is C126H102N6O6+6. The highest BCUT2D eigenvalue weighted by Crippen LogP contribution is 2.33. The SMILES string of the molecule is c1ccc2cc(COc3cc(C[n+]4ccc(-c5cc[n+](Cc6cc(C[n+]7ccc(-c8cc[n+](Cc9cc(OCc%10ccc%11ccccc%11c%10)cc(OCc%10ccc%11ccccc%11c%10)c9)cc8)cc7)cc(C[n+]7ccc(-c8cc[n+](Cc9cc(OCc%10ccc%11ccccc%11c%10)cc(OCc%10ccc%11ccccc%11c%10)c9)cc8)cc7)c6)cc5)cc4)cc(OCc4ccc5ccccc5c4)c3)ccc2c1. The van der Waals surface area contributed by atoms with Crippen LogP contribution in [-0.4, -0.2) is 0 Å². The van der Waals surface area contributed by atoms with Crippen molar-refractivity contribution in [3.8, 4) is 67.9 Å². The normalized spacial score (nSPS) is 11.4. The van der Waals surface area contributed by atoms with Crippen molar-refractivity contribution in [2.45, 2.75) is 78.9 Å². The Kier molecular flexibility index (Phi) is 25.2. The third-order valence-electron chi connectivity index (χ3n) is 25.8. The summed E-state index contributed by atoms with van der Waals surface area (Å²) in [5.41, 5.74) is 20.3. The van der Waals surface area contributed by atoms with Crippen LogP contribution in [0.2, 0.25) is 0 Å². The highest BCUT2D eigenvalue weighted by molar-refractivity contribution is 5.87. The van der Waals surface area contributed by atoms with Crippen LogP contribution in [0.15, 0.2) is 475 Å². The lowest BCUT2D eigenvalue weighted by atomic mass is 10.0.